The molecule has 5 nitrogen and oxygen atoms in total. The van der Waals surface area contributed by atoms with E-state index in [9.17, 15) is 5.26 Å². The average Bonchev–Trinajstić information content (AvgIpc) is 3.89. The molecular formula is C50H29N5. The molecule has 3 heterocycles. The molecule has 0 saturated heterocycles. The van der Waals surface area contributed by atoms with Gasteiger partial charge in [-0.3, -0.25) is 0 Å². The molecule has 11 rings (SSSR count). The number of aromatic nitrogens is 3. The molecule has 254 valence electrons. The Kier molecular flexibility index (Phi) is 6.61. The zero-order valence-corrected chi connectivity index (χ0v) is 29.5. The van der Waals surface area contributed by atoms with Crippen molar-refractivity contribution in [2.45, 2.75) is 0 Å². The molecule has 0 atom stereocenters. The van der Waals surface area contributed by atoms with Gasteiger partial charge in [0.1, 0.15) is 6.07 Å². The third-order valence-electron chi connectivity index (χ3n) is 11.1. The first-order valence-corrected chi connectivity index (χ1v) is 18.3. The fourth-order valence-electron chi connectivity index (χ4n) is 8.72. The SMILES string of the molecule is [C-]#[N+]c1ccc2c3cccc(-n4c5ccccc5c5ccccc54)c3n(-c3ccc(-c4ccc(-n5c6ccccc6c6ccccc65)cc4)cc3C#N)c2c1. The van der Waals surface area contributed by atoms with Gasteiger partial charge < -0.3 is 13.7 Å². The molecule has 0 aliphatic rings. The van der Waals surface area contributed by atoms with Crippen LogP contribution in [0.15, 0.2) is 176 Å². The number of rotatable bonds is 4. The Morgan fingerprint density at radius 2 is 0.945 bits per heavy atom. The molecule has 55 heavy (non-hydrogen) atoms. The molecule has 0 saturated carbocycles. The molecule has 0 amide bonds. The number of para-hydroxylation sites is 5. The highest BCUT2D eigenvalue weighted by atomic mass is 15.1. The van der Waals surface area contributed by atoms with Crippen LogP contribution in [0.4, 0.5) is 5.69 Å². The second-order valence-electron chi connectivity index (χ2n) is 14.0. The van der Waals surface area contributed by atoms with Gasteiger partial charge in [0, 0.05) is 43.5 Å². The van der Waals surface area contributed by atoms with Crippen molar-refractivity contribution >= 4 is 71.1 Å². The minimum Gasteiger partial charge on any atom is -0.309 e. The second-order valence-corrected chi connectivity index (χ2v) is 14.0. The lowest BCUT2D eigenvalue weighted by Crippen LogP contribution is -2.02. The largest absolute Gasteiger partial charge is 0.309 e. The van der Waals surface area contributed by atoms with Gasteiger partial charge in [-0.15, -0.1) is 0 Å². The number of hydrogen-bond donors (Lipinski definition) is 0. The maximum absolute atomic E-state index is 10.8. The maximum atomic E-state index is 10.8. The zero-order chi connectivity index (χ0) is 36.6. The van der Waals surface area contributed by atoms with Gasteiger partial charge in [-0.25, -0.2) is 4.85 Å². The Hall–Kier alpha value is -7.86. The first-order chi connectivity index (χ1) is 27.2. The van der Waals surface area contributed by atoms with E-state index < -0.39 is 0 Å². The normalized spacial score (nSPS) is 11.6. The summed E-state index contributed by atoms with van der Waals surface area (Å²) in [6.07, 6.45) is 0. The zero-order valence-electron chi connectivity index (χ0n) is 29.5. The summed E-state index contributed by atoms with van der Waals surface area (Å²) in [5.41, 5.74) is 12.3. The summed E-state index contributed by atoms with van der Waals surface area (Å²) >= 11 is 0. The van der Waals surface area contributed by atoms with Crippen molar-refractivity contribution in [2.75, 3.05) is 0 Å². The highest BCUT2D eigenvalue weighted by molar-refractivity contribution is 6.15. The Labute approximate surface area is 316 Å². The van der Waals surface area contributed by atoms with Gasteiger partial charge in [-0.2, -0.15) is 5.26 Å². The Morgan fingerprint density at radius 3 is 1.53 bits per heavy atom. The molecule has 3 aromatic heterocycles. The van der Waals surface area contributed by atoms with Gasteiger partial charge >= 0.3 is 0 Å². The van der Waals surface area contributed by atoms with Crippen LogP contribution in [-0.2, 0) is 0 Å². The fourth-order valence-corrected chi connectivity index (χ4v) is 8.72. The molecule has 0 spiro atoms. The van der Waals surface area contributed by atoms with Crippen LogP contribution in [0, 0.1) is 17.9 Å². The van der Waals surface area contributed by atoms with Gasteiger partial charge in [0.05, 0.1) is 51.1 Å². The first kappa shape index (κ1) is 30.7. The van der Waals surface area contributed by atoms with Gasteiger partial charge in [0.15, 0.2) is 5.69 Å². The predicted octanol–water partition coefficient (Wildman–Crippen LogP) is 13.1. The lowest BCUT2D eigenvalue weighted by atomic mass is 10.0. The quantitative estimate of drug-likeness (QED) is 0.169. The van der Waals surface area contributed by atoms with Crippen molar-refractivity contribution in [3.05, 3.63) is 193 Å². The molecule has 0 unspecified atom stereocenters. The molecule has 5 heteroatoms. The van der Waals surface area contributed by atoms with Crippen LogP contribution in [0.25, 0.3) is 98.5 Å². The van der Waals surface area contributed by atoms with Crippen molar-refractivity contribution in [2.24, 2.45) is 0 Å². The number of fused-ring (bicyclic) bond motifs is 9. The minimum absolute atomic E-state index is 0.549. The van der Waals surface area contributed by atoms with E-state index in [0.717, 1.165) is 61.0 Å². The first-order valence-electron chi connectivity index (χ1n) is 18.3. The summed E-state index contributed by atoms with van der Waals surface area (Å²) in [7, 11) is 0. The van der Waals surface area contributed by atoms with Crippen LogP contribution in [0.3, 0.4) is 0 Å². The van der Waals surface area contributed by atoms with E-state index in [1.165, 1.54) is 32.6 Å². The van der Waals surface area contributed by atoms with Gasteiger partial charge in [0.2, 0.25) is 0 Å². The van der Waals surface area contributed by atoms with Crippen molar-refractivity contribution in [1.82, 2.24) is 13.7 Å². The molecule has 0 bridgehead atoms. The summed E-state index contributed by atoms with van der Waals surface area (Å²) in [5.74, 6) is 0. The lowest BCUT2D eigenvalue weighted by molar-refractivity contribution is 1.12. The standard InChI is InChI=1S/C50H29N5/c1-52-35-24-27-41-42-15-10-20-48(54-46-18-8-4-13-39(46)40-14-5-9-19-47(40)54)50(42)55(49(41)30-35)43-28-23-33(29-34(43)31-51)32-21-25-36(26-22-32)53-44-16-6-2-11-37(44)38-12-3-7-17-45(38)53/h2-30H. The second kappa shape index (κ2) is 11.8. The Balaban J connectivity index is 1.11. The molecule has 0 aliphatic heterocycles. The predicted molar refractivity (Wildman–Crippen MR) is 226 cm³/mol. The topological polar surface area (TPSA) is 42.9 Å². The van der Waals surface area contributed by atoms with Gasteiger partial charge in [-0.1, -0.05) is 115 Å². The van der Waals surface area contributed by atoms with Crippen molar-refractivity contribution in [3.63, 3.8) is 0 Å². The summed E-state index contributed by atoms with van der Waals surface area (Å²) in [6.45, 7) is 7.86. The highest BCUT2D eigenvalue weighted by Crippen LogP contribution is 2.41. The summed E-state index contributed by atoms with van der Waals surface area (Å²) in [6, 6.07) is 63.6. The van der Waals surface area contributed by atoms with Gasteiger partial charge in [-0.05, 0) is 71.8 Å². The van der Waals surface area contributed by atoms with Gasteiger partial charge in [0.25, 0.3) is 0 Å². The molecule has 0 aliphatic carbocycles. The van der Waals surface area contributed by atoms with Crippen molar-refractivity contribution in [1.29, 1.82) is 5.26 Å². The number of benzene rings is 8. The maximum Gasteiger partial charge on any atom is 0.189 e. The van der Waals surface area contributed by atoms with E-state index in [2.05, 4.69) is 176 Å². The van der Waals surface area contributed by atoms with E-state index in [-0.39, 0.29) is 0 Å². The number of hydrogen-bond acceptors (Lipinski definition) is 1. The Bertz CT molecular complexity index is 3350. The van der Waals surface area contributed by atoms with Crippen LogP contribution in [-0.4, -0.2) is 13.7 Å². The van der Waals surface area contributed by atoms with E-state index in [4.69, 9.17) is 6.57 Å². The summed E-state index contributed by atoms with van der Waals surface area (Å²) in [4.78, 5) is 3.80. The van der Waals surface area contributed by atoms with Crippen LogP contribution in [0.1, 0.15) is 5.56 Å². The lowest BCUT2D eigenvalue weighted by Gasteiger charge is -2.16. The average molecular weight is 700 g/mol. The van der Waals surface area contributed by atoms with E-state index in [1.807, 2.05) is 24.3 Å². The molecular weight excluding hydrogens is 671 g/mol. The highest BCUT2D eigenvalue weighted by Gasteiger charge is 2.22. The number of nitrogens with zero attached hydrogens (tertiary/aromatic N) is 5. The van der Waals surface area contributed by atoms with Crippen molar-refractivity contribution < 1.29 is 0 Å². The monoisotopic (exact) mass is 699 g/mol. The third kappa shape index (κ3) is 4.45. The fraction of sp³-hybridized carbons (Fsp3) is 0. The van der Waals surface area contributed by atoms with Crippen LogP contribution >= 0.6 is 0 Å². The number of nitriles is 1. The smallest absolute Gasteiger partial charge is 0.189 e. The summed E-state index contributed by atoms with van der Waals surface area (Å²) < 4.78 is 6.83. The van der Waals surface area contributed by atoms with E-state index in [1.54, 1.807) is 0 Å². The van der Waals surface area contributed by atoms with Crippen LogP contribution in [0.5, 0.6) is 0 Å². The summed E-state index contributed by atoms with van der Waals surface area (Å²) in [5, 5.41) is 17.7. The molecule has 0 N–H and O–H groups in total. The molecule has 11 aromatic rings. The molecule has 0 fully saturated rings. The Morgan fingerprint density at radius 1 is 0.418 bits per heavy atom. The van der Waals surface area contributed by atoms with E-state index in [0.29, 0.717) is 11.3 Å². The van der Waals surface area contributed by atoms with Crippen LogP contribution < -0.4 is 0 Å². The van der Waals surface area contributed by atoms with E-state index >= 15 is 0 Å². The van der Waals surface area contributed by atoms with Crippen molar-refractivity contribution in [3.8, 4) is 34.3 Å². The third-order valence-corrected chi connectivity index (χ3v) is 11.1. The molecule has 0 radical (unpaired) electrons. The minimum atomic E-state index is 0.549. The molecule has 8 aromatic carbocycles. The van der Waals surface area contributed by atoms with Crippen LogP contribution in [0.2, 0.25) is 0 Å².